The molecule has 1 aromatic carbocycles. The van der Waals surface area contributed by atoms with Crippen LogP contribution in [0.5, 0.6) is 0 Å². The van der Waals surface area contributed by atoms with Gasteiger partial charge in [0.15, 0.2) is 0 Å². The van der Waals surface area contributed by atoms with Crippen LogP contribution in [-0.4, -0.2) is 20.4 Å². The minimum Gasteiger partial charge on any atom is -0.217 e. The van der Waals surface area contributed by atoms with Gasteiger partial charge in [0.1, 0.15) is 0 Å². The lowest BCUT2D eigenvalue weighted by molar-refractivity contribution is 0.621. The highest BCUT2D eigenvalue weighted by Crippen LogP contribution is 2.23. The number of halogens is 1. The Balaban J connectivity index is 2.29. The molecule has 0 saturated heterocycles. The van der Waals surface area contributed by atoms with Gasteiger partial charge in [-0.05, 0) is 25.5 Å². The van der Waals surface area contributed by atoms with E-state index in [1.807, 2.05) is 48.1 Å². The standard InChI is InChI=1S/C13H16ClN3/c1-10(8-11(2)14)13-9-15-16-17(13)12-6-4-3-5-7-12/h3-7,9-11H,8H2,1-2H3. The first kappa shape index (κ1) is 12.1. The Morgan fingerprint density at radius 3 is 2.59 bits per heavy atom. The molecule has 2 rings (SSSR count). The van der Waals surface area contributed by atoms with Gasteiger partial charge in [-0.15, -0.1) is 16.7 Å². The summed E-state index contributed by atoms with van der Waals surface area (Å²) < 4.78 is 1.88. The average Bonchev–Trinajstić information content (AvgIpc) is 2.78. The molecule has 0 amide bonds. The third-order valence-electron chi connectivity index (χ3n) is 2.76. The van der Waals surface area contributed by atoms with Gasteiger partial charge in [0.2, 0.25) is 0 Å². The highest BCUT2D eigenvalue weighted by atomic mass is 35.5. The highest BCUT2D eigenvalue weighted by Gasteiger charge is 2.15. The fourth-order valence-corrected chi connectivity index (χ4v) is 2.22. The van der Waals surface area contributed by atoms with Crippen LogP contribution in [0.15, 0.2) is 36.5 Å². The van der Waals surface area contributed by atoms with Crippen molar-refractivity contribution in [2.75, 3.05) is 0 Å². The molecule has 1 heterocycles. The summed E-state index contributed by atoms with van der Waals surface area (Å²) >= 11 is 6.04. The van der Waals surface area contributed by atoms with E-state index in [1.165, 1.54) is 0 Å². The van der Waals surface area contributed by atoms with Crippen molar-refractivity contribution in [2.24, 2.45) is 0 Å². The number of alkyl halides is 1. The molecule has 0 saturated carbocycles. The van der Waals surface area contributed by atoms with Crippen molar-refractivity contribution in [2.45, 2.75) is 31.6 Å². The molecule has 17 heavy (non-hydrogen) atoms. The molecule has 0 aliphatic carbocycles. The lowest BCUT2D eigenvalue weighted by Gasteiger charge is -2.14. The molecule has 2 aromatic rings. The minimum absolute atomic E-state index is 0.157. The van der Waals surface area contributed by atoms with Crippen LogP contribution in [-0.2, 0) is 0 Å². The molecule has 2 unspecified atom stereocenters. The van der Waals surface area contributed by atoms with Crippen molar-refractivity contribution < 1.29 is 0 Å². The maximum Gasteiger partial charge on any atom is 0.0732 e. The van der Waals surface area contributed by atoms with Gasteiger partial charge in [-0.2, -0.15) is 0 Å². The summed E-state index contributed by atoms with van der Waals surface area (Å²) in [5.74, 6) is 0.345. The number of para-hydroxylation sites is 1. The molecular weight excluding hydrogens is 234 g/mol. The van der Waals surface area contributed by atoms with Crippen molar-refractivity contribution in [1.29, 1.82) is 0 Å². The van der Waals surface area contributed by atoms with Gasteiger partial charge in [-0.25, -0.2) is 4.68 Å². The molecule has 0 aliphatic heterocycles. The third-order valence-corrected chi connectivity index (χ3v) is 2.94. The fourth-order valence-electron chi connectivity index (χ4n) is 1.96. The normalized spacial score (nSPS) is 14.5. The van der Waals surface area contributed by atoms with Gasteiger partial charge in [0.05, 0.1) is 17.6 Å². The van der Waals surface area contributed by atoms with Gasteiger partial charge in [-0.3, -0.25) is 0 Å². The third kappa shape index (κ3) is 2.86. The first-order valence-electron chi connectivity index (χ1n) is 5.78. The Kier molecular flexibility index (Phi) is 3.79. The molecule has 1 aromatic heterocycles. The van der Waals surface area contributed by atoms with Gasteiger partial charge in [0.25, 0.3) is 0 Å². The molecule has 0 radical (unpaired) electrons. The second-order valence-electron chi connectivity index (χ2n) is 4.32. The molecule has 0 bridgehead atoms. The predicted molar refractivity (Wildman–Crippen MR) is 69.7 cm³/mol. The minimum atomic E-state index is 0.157. The monoisotopic (exact) mass is 249 g/mol. The van der Waals surface area contributed by atoms with Crippen LogP contribution in [0.25, 0.3) is 5.69 Å². The van der Waals surface area contributed by atoms with Crippen molar-refractivity contribution in [1.82, 2.24) is 15.0 Å². The van der Waals surface area contributed by atoms with E-state index in [9.17, 15) is 0 Å². The van der Waals surface area contributed by atoms with Gasteiger partial charge >= 0.3 is 0 Å². The molecule has 0 N–H and O–H groups in total. The second kappa shape index (κ2) is 5.32. The van der Waals surface area contributed by atoms with E-state index < -0.39 is 0 Å². The van der Waals surface area contributed by atoms with Crippen LogP contribution >= 0.6 is 11.6 Å². The number of hydrogen-bond donors (Lipinski definition) is 0. The zero-order valence-corrected chi connectivity index (χ0v) is 10.8. The molecular formula is C13H16ClN3. The first-order chi connectivity index (χ1) is 8.18. The Morgan fingerprint density at radius 1 is 1.24 bits per heavy atom. The summed E-state index contributed by atoms with van der Waals surface area (Å²) in [7, 11) is 0. The molecule has 2 atom stereocenters. The van der Waals surface area contributed by atoms with Gasteiger partial charge in [-0.1, -0.05) is 30.3 Å². The summed E-state index contributed by atoms with van der Waals surface area (Å²) in [5, 5.41) is 8.29. The van der Waals surface area contributed by atoms with Crippen LogP contribution in [0.4, 0.5) is 0 Å². The van der Waals surface area contributed by atoms with Crippen molar-refractivity contribution in [3.63, 3.8) is 0 Å². The lowest BCUT2D eigenvalue weighted by Crippen LogP contribution is -2.08. The Morgan fingerprint density at radius 2 is 1.94 bits per heavy atom. The SMILES string of the molecule is CC(Cl)CC(C)c1cnnn1-c1ccccc1. The zero-order chi connectivity index (χ0) is 12.3. The molecule has 90 valence electrons. The van der Waals surface area contributed by atoms with E-state index in [0.717, 1.165) is 17.8 Å². The van der Waals surface area contributed by atoms with E-state index >= 15 is 0 Å². The van der Waals surface area contributed by atoms with Gasteiger partial charge in [0, 0.05) is 11.3 Å². The summed E-state index contributed by atoms with van der Waals surface area (Å²) in [5.41, 5.74) is 2.14. The summed E-state index contributed by atoms with van der Waals surface area (Å²) in [6.07, 6.45) is 2.73. The zero-order valence-electron chi connectivity index (χ0n) is 10.0. The van der Waals surface area contributed by atoms with Crippen molar-refractivity contribution in [3.8, 4) is 5.69 Å². The van der Waals surface area contributed by atoms with Crippen molar-refractivity contribution in [3.05, 3.63) is 42.2 Å². The largest absolute Gasteiger partial charge is 0.217 e. The maximum absolute atomic E-state index is 6.04. The number of nitrogens with zero attached hydrogens (tertiary/aromatic N) is 3. The van der Waals surface area contributed by atoms with Crippen LogP contribution in [0.2, 0.25) is 0 Å². The van der Waals surface area contributed by atoms with E-state index in [2.05, 4.69) is 17.2 Å². The lowest BCUT2D eigenvalue weighted by atomic mass is 10.0. The van der Waals surface area contributed by atoms with Crippen LogP contribution in [0.3, 0.4) is 0 Å². The first-order valence-corrected chi connectivity index (χ1v) is 6.22. The van der Waals surface area contributed by atoms with E-state index in [4.69, 9.17) is 11.6 Å². The molecule has 0 aliphatic rings. The quantitative estimate of drug-likeness (QED) is 0.778. The Hall–Kier alpha value is -1.35. The van der Waals surface area contributed by atoms with Crippen LogP contribution in [0, 0.1) is 0 Å². The van der Waals surface area contributed by atoms with E-state index in [-0.39, 0.29) is 5.38 Å². The van der Waals surface area contributed by atoms with Crippen LogP contribution < -0.4 is 0 Å². The highest BCUT2D eigenvalue weighted by molar-refractivity contribution is 6.20. The fraction of sp³-hybridized carbons (Fsp3) is 0.385. The van der Waals surface area contributed by atoms with Crippen LogP contribution in [0.1, 0.15) is 31.9 Å². The predicted octanol–water partition coefficient (Wildman–Crippen LogP) is 3.39. The maximum atomic E-state index is 6.04. The molecule has 4 heteroatoms. The van der Waals surface area contributed by atoms with Gasteiger partial charge < -0.3 is 0 Å². The summed E-state index contributed by atoms with van der Waals surface area (Å²) in [6.45, 7) is 4.16. The molecule has 0 fully saturated rings. The Labute approximate surface area is 106 Å². The number of benzene rings is 1. The number of rotatable bonds is 4. The number of aromatic nitrogens is 3. The smallest absolute Gasteiger partial charge is 0.0732 e. The molecule has 0 spiro atoms. The summed E-state index contributed by atoms with van der Waals surface area (Å²) in [6, 6.07) is 10.0. The molecule has 3 nitrogen and oxygen atoms in total. The summed E-state index contributed by atoms with van der Waals surface area (Å²) in [4.78, 5) is 0. The second-order valence-corrected chi connectivity index (χ2v) is 5.07. The van der Waals surface area contributed by atoms with E-state index in [0.29, 0.717) is 5.92 Å². The number of hydrogen-bond acceptors (Lipinski definition) is 2. The van der Waals surface area contributed by atoms with E-state index in [1.54, 1.807) is 0 Å². The Bertz CT molecular complexity index is 465. The topological polar surface area (TPSA) is 30.7 Å². The van der Waals surface area contributed by atoms with Crippen molar-refractivity contribution >= 4 is 11.6 Å². The average molecular weight is 250 g/mol.